The molecule has 1 atom stereocenters. The van der Waals surface area contributed by atoms with E-state index >= 15 is 0 Å². The molecule has 21 heavy (non-hydrogen) atoms. The zero-order valence-electron chi connectivity index (χ0n) is 11.6. The molecule has 2 N–H and O–H groups in total. The fourth-order valence-electron chi connectivity index (χ4n) is 2.16. The molecule has 5 heteroatoms. The zero-order chi connectivity index (χ0) is 15.1. The smallest absolute Gasteiger partial charge is 0.240 e. The Labute approximate surface area is 125 Å². The van der Waals surface area contributed by atoms with Crippen LogP contribution in [0.5, 0.6) is 0 Å². The van der Waals surface area contributed by atoms with Gasteiger partial charge in [0.25, 0.3) is 0 Å². The third-order valence-corrected chi connectivity index (χ3v) is 4.76. The van der Waals surface area contributed by atoms with Crippen molar-refractivity contribution >= 4 is 10.0 Å². The summed E-state index contributed by atoms with van der Waals surface area (Å²) in [5.74, 6) is -0.0466. The Balaban J connectivity index is 2.09. The predicted molar refractivity (Wildman–Crippen MR) is 82.5 cm³/mol. The maximum Gasteiger partial charge on any atom is 0.240 e. The predicted octanol–water partition coefficient (Wildman–Crippen LogP) is 2.13. The van der Waals surface area contributed by atoms with E-state index in [2.05, 4.69) is 4.72 Å². The van der Waals surface area contributed by atoms with Gasteiger partial charge in [0.1, 0.15) is 0 Å². The lowest BCUT2D eigenvalue weighted by Crippen LogP contribution is -2.29. The van der Waals surface area contributed by atoms with E-state index < -0.39 is 10.0 Å². The highest BCUT2D eigenvalue weighted by Gasteiger charge is 2.17. The monoisotopic (exact) mass is 305 g/mol. The second-order valence-electron chi connectivity index (χ2n) is 4.78. The highest BCUT2D eigenvalue weighted by molar-refractivity contribution is 7.89. The quantitative estimate of drug-likeness (QED) is 0.823. The van der Waals surface area contributed by atoms with Crippen LogP contribution in [0.25, 0.3) is 0 Å². The van der Waals surface area contributed by atoms with Gasteiger partial charge < -0.3 is 5.11 Å². The van der Waals surface area contributed by atoms with Crippen molar-refractivity contribution in [3.05, 3.63) is 66.2 Å². The van der Waals surface area contributed by atoms with E-state index in [-0.39, 0.29) is 24.0 Å². The van der Waals surface area contributed by atoms with Gasteiger partial charge in [0.2, 0.25) is 10.0 Å². The first-order valence-electron chi connectivity index (χ1n) is 6.84. The molecule has 0 aliphatic heterocycles. The summed E-state index contributed by atoms with van der Waals surface area (Å²) in [5.41, 5.74) is 1.02. The molecule has 0 aliphatic rings. The maximum atomic E-state index is 12.2. The van der Waals surface area contributed by atoms with E-state index in [0.717, 1.165) is 5.56 Å². The zero-order valence-corrected chi connectivity index (χ0v) is 12.5. The van der Waals surface area contributed by atoms with Crippen molar-refractivity contribution in [3.63, 3.8) is 0 Å². The topological polar surface area (TPSA) is 66.4 Å². The molecule has 0 heterocycles. The van der Waals surface area contributed by atoms with E-state index in [9.17, 15) is 8.42 Å². The molecule has 0 radical (unpaired) electrons. The first kappa shape index (κ1) is 15.7. The number of hydrogen-bond donors (Lipinski definition) is 2. The van der Waals surface area contributed by atoms with Crippen LogP contribution in [0.3, 0.4) is 0 Å². The second-order valence-corrected chi connectivity index (χ2v) is 6.55. The summed E-state index contributed by atoms with van der Waals surface area (Å²) in [6.07, 6.45) is 0.515. The molecule has 0 spiro atoms. The van der Waals surface area contributed by atoms with E-state index in [1.807, 2.05) is 30.3 Å². The van der Waals surface area contributed by atoms with Crippen LogP contribution in [-0.4, -0.2) is 26.7 Å². The van der Waals surface area contributed by atoms with Gasteiger partial charge in [0.05, 0.1) is 4.90 Å². The summed E-state index contributed by atoms with van der Waals surface area (Å²) in [6, 6.07) is 17.9. The van der Waals surface area contributed by atoms with Gasteiger partial charge in [-0.1, -0.05) is 48.5 Å². The van der Waals surface area contributed by atoms with Crippen LogP contribution in [0.15, 0.2) is 65.6 Å². The van der Waals surface area contributed by atoms with Crippen LogP contribution in [0.4, 0.5) is 0 Å². The van der Waals surface area contributed by atoms with Crippen molar-refractivity contribution in [2.24, 2.45) is 0 Å². The van der Waals surface area contributed by atoms with Gasteiger partial charge in [-0.3, -0.25) is 0 Å². The largest absolute Gasteiger partial charge is 0.396 e. The van der Waals surface area contributed by atoms with Crippen LogP contribution in [0, 0.1) is 0 Å². The van der Waals surface area contributed by atoms with E-state index in [0.29, 0.717) is 6.42 Å². The normalized spacial score (nSPS) is 13.0. The SMILES string of the molecule is O=S(=O)(NC[C@H](CCO)c1ccccc1)c1ccccc1. The third kappa shape index (κ3) is 4.39. The fraction of sp³-hybridized carbons (Fsp3) is 0.250. The van der Waals surface area contributed by atoms with Crippen molar-refractivity contribution in [2.75, 3.05) is 13.2 Å². The Morgan fingerprint density at radius 3 is 2.10 bits per heavy atom. The van der Waals surface area contributed by atoms with Crippen LogP contribution >= 0.6 is 0 Å². The number of aliphatic hydroxyl groups is 1. The number of benzene rings is 2. The molecular formula is C16H19NO3S. The molecule has 0 aliphatic carbocycles. The Kier molecular flexibility index (Phi) is 5.50. The molecule has 0 saturated heterocycles. The second kappa shape index (κ2) is 7.36. The lowest BCUT2D eigenvalue weighted by Gasteiger charge is -2.17. The van der Waals surface area contributed by atoms with Crippen LogP contribution < -0.4 is 4.72 Å². The molecule has 4 nitrogen and oxygen atoms in total. The highest BCUT2D eigenvalue weighted by atomic mass is 32.2. The average molecular weight is 305 g/mol. The van der Waals surface area contributed by atoms with E-state index in [4.69, 9.17) is 5.11 Å². The van der Waals surface area contributed by atoms with Crippen molar-refractivity contribution in [3.8, 4) is 0 Å². The van der Waals surface area contributed by atoms with E-state index in [1.165, 1.54) is 0 Å². The molecule has 0 bridgehead atoms. The summed E-state index contributed by atoms with van der Waals surface area (Å²) in [7, 11) is -3.51. The summed E-state index contributed by atoms with van der Waals surface area (Å²) in [5, 5.41) is 9.17. The number of hydrogen-bond acceptors (Lipinski definition) is 3. The molecular weight excluding hydrogens is 286 g/mol. The first-order chi connectivity index (χ1) is 10.1. The van der Waals surface area contributed by atoms with E-state index in [1.54, 1.807) is 30.3 Å². The molecule has 2 rings (SSSR count). The minimum absolute atomic E-state index is 0.0205. The number of rotatable bonds is 7. The molecule has 0 unspecified atom stereocenters. The lowest BCUT2D eigenvalue weighted by molar-refractivity contribution is 0.275. The minimum atomic E-state index is -3.51. The van der Waals surface area contributed by atoms with Gasteiger partial charge in [-0.25, -0.2) is 13.1 Å². The van der Waals surface area contributed by atoms with Crippen LogP contribution in [-0.2, 0) is 10.0 Å². The van der Waals surface area contributed by atoms with Crippen molar-refractivity contribution in [1.29, 1.82) is 0 Å². The molecule has 0 amide bonds. The minimum Gasteiger partial charge on any atom is -0.396 e. The standard InChI is InChI=1S/C16H19NO3S/c18-12-11-15(14-7-3-1-4-8-14)13-17-21(19,20)16-9-5-2-6-10-16/h1-10,15,17-18H,11-13H2/t15-/m0/s1. The number of nitrogens with one attached hydrogen (secondary N) is 1. The maximum absolute atomic E-state index is 12.2. The Hall–Kier alpha value is -1.69. The van der Waals surface area contributed by atoms with Crippen LogP contribution in [0.2, 0.25) is 0 Å². The Bertz CT molecular complexity index is 642. The van der Waals surface area contributed by atoms with Gasteiger partial charge in [-0.05, 0) is 30.0 Å². The van der Waals surface area contributed by atoms with Gasteiger partial charge in [-0.15, -0.1) is 0 Å². The Morgan fingerprint density at radius 2 is 1.52 bits per heavy atom. The lowest BCUT2D eigenvalue weighted by atomic mass is 9.96. The average Bonchev–Trinajstić information content (AvgIpc) is 2.53. The van der Waals surface area contributed by atoms with Crippen molar-refractivity contribution in [2.45, 2.75) is 17.2 Å². The molecule has 112 valence electrons. The molecule has 0 saturated carbocycles. The number of aliphatic hydroxyl groups excluding tert-OH is 1. The molecule has 0 fully saturated rings. The van der Waals surface area contributed by atoms with Gasteiger partial charge in [0, 0.05) is 13.2 Å². The summed E-state index contributed by atoms with van der Waals surface area (Å²) in [4.78, 5) is 0.251. The summed E-state index contributed by atoms with van der Waals surface area (Å²) < 4.78 is 27.0. The Morgan fingerprint density at radius 1 is 0.952 bits per heavy atom. The van der Waals surface area contributed by atoms with Crippen molar-refractivity contribution in [1.82, 2.24) is 4.72 Å². The molecule has 2 aromatic carbocycles. The number of sulfonamides is 1. The first-order valence-corrected chi connectivity index (χ1v) is 8.32. The van der Waals surface area contributed by atoms with Gasteiger partial charge in [0.15, 0.2) is 0 Å². The van der Waals surface area contributed by atoms with Gasteiger partial charge >= 0.3 is 0 Å². The third-order valence-electron chi connectivity index (χ3n) is 3.32. The summed E-state index contributed by atoms with van der Waals surface area (Å²) >= 11 is 0. The van der Waals surface area contributed by atoms with Crippen LogP contribution in [0.1, 0.15) is 17.9 Å². The highest BCUT2D eigenvalue weighted by Crippen LogP contribution is 2.19. The fourth-order valence-corrected chi connectivity index (χ4v) is 3.26. The summed E-state index contributed by atoms with van der Waals surface area (Å²) in [6.45, 7) is 0.286. The molecule has 2 aromatic rings. The van der Waals surface area contributed by atoms with Crippen molar-refractivity contribution < 1.29 is 13.5 Å². The van der Waals surface area contributed by atoms with Gasteiger partial charge in [-0.2, -0.15) is 0 Å². The molecule has 0 aromatic heterocycles.